The van der Waals surface area contributed by atoms with Gasteiger partial charge in [-0.15, -0.1) is 0 Å². The van der Waals surface area contributed by atoms with Crippen molar-refractivity contribution >= 4 is 0 Å². The normalized spacial score (nSPS) is 34.1. The molecule has 0 bridgehead atoms. The van der Waals surface area contributed by atoms with Crippen LogP contribution in [-0.4, -0.2) is 30.1 Å². The Balaban J connectivity index is 1.52. The first-order chi connectivity index (χ1) is 7.26. The molecule has 2 N–H and O–H groups in total. The maximum atomic E-state index is 6.17. The highest BCUT2D eigenvalue weighted by Crippen LogP contribution is 2.46. The molecule has 1 aliphatic carbocycles. The molecule has 2 heteroatoms. The molecule has 2 fully saturated rings. The van der Waals surface area contributed by atoms with Crippen LogP contribution in [0.15, 0.2) is 30.3 Å². The molecule has 2 atom stereocenters. The van der Waals surface area contributed by atoms with Crippen LogP contribution >= 0.6 is 0 Å². The molecule has 1 saturated carbocycles. The van der Waals surface area contributed by atoms with E-state index in [1.54, 1.807) is 0 Å². The van der Waals surface area contributed by atoms with Gasteiger partial charge in [0, 0.05) is 25.2 Å². The molecule has 1 heterocycles. The summed E-state index contributed by atoms with van der Waals surface area (Å²) in [6.07, 6.45) is 2.42. The quantitative estimate of drug-likeness (QED) is 0.799. The monoisotopic (exact) mass is 202 g/mol. The molecule has 3 rings (SSSR count). The lowest BCUT2D eigenvalue weighted by Crippen LogP contribution is -2.34. The van der Waals surface area contributed by atoms with Crippen molar-refractivity contribution in [3.05, 3.63) is 35.9 Å². The second-order valence-electron chi connectivity index (χ2n) is 5.10. The van der Waals surface area contributed by atoms with Crippen LogP contribution in [0.2, 0.25) is 0 Å². The van der Waals surface area contributed by atoms with Crippen molar-refractivity contribution in [2.24, 2.45) is 11.7 Å². The molecule has 0 aromatic heterocycles. The summed E-state index contributed by atoms with van der Waals surface area (Å²) >= 11 is 0. The van der Waals surface area contributed by atoms with Gasteiger partial charge in [-0.2, -0.15) is 0 Å². The number of nitrogens with two attached hydrogens (primary N) is 1. The van der Waals surface area contributed by atoms with Crippen LogP contribution in [0.1, 0.15) is 12.0 Å². The number of nitrogens with zero attached hydrogens (tertiary/aromatic N) is 1. The van der Waals surface area contributed by atoms with Gasteiger partial charge in [-0.05, 0) is 24.3 Å². The number of piperidine rings is 1. The minimum Gasteiger partial charge on any atom is -0.324 e. The fourth-order valence-electron chi connectivity index (χ4n) is 2.73. The van der Waals surface area contributed by atoms with E-state index in [0.29, 0.717) is 0 Å². The predicted octanol–water partition coefficient (Wildman–Crippen LogP) is 1.26. The van der Waals surface area contributed by atoms with E-state index >= 15 is 0 Å². The van der Waals surface area contributed by atoms with E-state index in [2.05, 4.69) is 35.2 Å². The van der Waals surface area contributed by atoms with Gasteiger partial charge in [0.05, 0.1) is 0 Å². The zero-order valence-corrected chi connectivity index (χ0v) is 9.02. The van der Waals surface area contributed by atoms with Gasteiger partial charge in [0.15, 0.2) is 0 Å². The Morgan fingerprint density at radius 2 is 2.13 bits per heavy atom. The van der Waals surface area contributed by atoms with E-state index in [4.69, 9.17) is 5.73 Å². The summed E-state index contributed by atoms with van der Waals surface area (Å²) in [4.78, 5) is 2.52. The second kappa shape index (κ2) is 3.32. The van der Waals surface area contributed by atoms with Crippen molar-refractivity contribution in [2.45, 2.75) is 18.4 Å². The minimum atomic E-state index is 0.205. The van der Waals surface area contributed by atoms with Gasteiger partial charge in [-0.3, -0.25) is 0 Å². The molecule has 80 valence electrons. The zero-order chi connectivity index (χ0) is 10.3. The first kappa shape index (κ1) is 9.37. The molecule has 1 saturated heterocycles. The highest BCUT2D eigenvalue weighted by molar-refractivity contribution is 5.17. The van der Waals surface area contributed by atoms with Crippen molar-refractivity contribution in [1.82, 2.24) is 4.90 Å². The topological polar surface area (TPSA) is 29.3 Å². The van der Waals surface area contributed by atoms with E-state index < -0.39 is 0 Å². The first-order valence-corrected chi connectivity index (χ1v) is 5.81. The van der Waals surface area contributed by atoms with Crippen molar-refractivity contribution in [3.8, 4) is 0 Å². The Labute approximate surface area is 91.1 Å². The maximum Gasteiger partial charge on any atom is 0.0328 e. The maximum absolute atomic E-state index is 6.17. The van der Waals surface area contributed by atoms with Gasteiger partial charge < -0.3 is 10.6 Å². The number of fused-ring (bicyclic) bond motifs is 1. The van der Waals surface area contributed by atoms with E-state index in [9.17, 15) is 0 Å². The standard InChI is InChI=1S/C13H18N2/c14-13-8-12(13)9-15(10-13)7-6-11-4-2-1-3-5-11/h1-5,12H,6-10,14H2/t12-,13-/m0/s1. The first-order valence-electron chi connectivity index (χ1n) is 5.81. The Bertz CT molecular complexity index is 349. The summed E-state index contributed by atoms with van der Waals surface area (Å²) in [6, 6.07) is 10.7. The van der Waals surface area contributed by atoms with E-state index in [-0.39, 0.29) is 5.54 Å². The molecule has 0 spiro atoms. The van der Waals surface area contributed by atoms with Gasteiger partial charge in [0.2, 0.25) is 0 Å². The van der Waals surface area contributed by atoms with Crippen LogP contribution in [0.25, 0.3) is 0 Å². The highest BCUT2D eigenvalue weighted by atomic mass is 15.2. The summed E-state index contributed by atoms with van der Waals surface area (Å²) < 4.78 is 0. The Kier molecular flexibility index (Phi) is 2.08. The lowest BCUT2D eigenvalue weighted by Gasteiger charge is -2.18. The summed E-state index contributed by atoms with van der Waals surface area (Å²) in [6.45, 7) is 3.51. The summed E-state index contributed by atoms with van der Waals surface area (Å²) in [5, 5.41) is 0. The smallest absolute Gasteiger partial charge is 0.0328 e. The minimum absolute atomic E-state index is 0.205. The predicted molar refractivity (Wildman–Crippen MR) is 61.6 cm³/mol. The van der Waals surface area contributed by atoms with Gasteiger partial charge in [0.1, 0.15) is 0 Å². The van der Waals surface area contributed by atoms with E-state index in [0.717, 1.165) is 18.9 Å². The fourth-order valence-corrected chi connectivity index (χ4v) is 2.73. The van der Waals surface area contributed by atoms with Crippen LogP contribution in [0.3, 0.4) is 0 Å². The van der Waals surface area contributed by atoms with Crippen molar-refractivity contribution < 1.29 is 0 Å². The molecule has 0 unspecified atom stereocenters. The number of likely N-dealkylation sites (tertiary alicyclic amines) is 1. The highest BCUT2D eigenvalue weighted by Gasteiger charge is 2.56. The van der Waals surface area contributed by atoms with Gasteiger partial charge in [-0.25, -0.2) is 0 Å². The van der Waals surface area contributed by atoms with Crippen LogP contribution in [0.5, 0.6) is 0 Å². The van der Waals surface area contributed by atoms with Crippen LogP contribution in [0.4, 0.5) is 0 Å². The molecule has 1 aliphatic heterocycles. The average molecular weight is 202 g/mol. The fraction of sp³-hybridized carbons (Fsp3) is 0.538. The largest absolute Gasteiger partial charge is 0.324 e. The van der Waals surface area contributed by atoms with Crippen LogP contribution in [-0.2, 0) is 6.42 Å². The molecule has 1 aromatic rings. The third-order valence-corrected chi connectivity index (χ3v) is 3.84. The van der Waals surface area contributed by atoms with Crippen LogP contribution < -0.4 is 5.73 Å². The molecule has 0 radical (unpaired) electrons. The Morgan fingerprint density at radius 1 is 1.33 bits per heavy atom. The molecule has 2 aliphatic rings. The molecule has 15 heavy (non-hydrogen) atoms. The summed E-state index contributed by atoms with van der Waals surface area (Å²) in [7, 11) is 0. The van der Waals surface area contributed by atoms with E-state index in [1.165, 1.54) is 25.1 Å². The Morgan fingerprint density at radius 3 is 2.80 bits per heavy atom. The van der Waals surface area contributed by atoms with Crippen LogP contribution in [0, 0.1) is 5.92 Å². The van der Waals surface area contributed by atoms with Gasteiger partial charge >= 0.3 is 0 Å². The molecular formula is C13H18N2. The van der Waals surface area contributed by atoms with Crippen molar-refractivity contribution in [3.63, 3.8) is 0 Å². The number of benzene rings is 1. The molecule has 2 nitrogen and oxygen atoms in total. The molecule has 1 aromatic carbocycles. The average Bonchev–Trinajstić information content (AvgIpc) is 2.76. The molecule has 0 amide bonds. The SMILES string of the molecule is N[C@]12C[C@H]1CN(CCc1ccccc1)C2. The Hall–Kier alpha value is -0.860. The van der Waals surface area contributed by atoms with Crippen molar-refractivity contribution in [2.75, 3.05) is 19.6 Å². The van der Waals surface area contributed by atoms with Gasteiger partial charge in [0.25, 0.3) is 0 Å². The lowest BCUT2D eigenvalue weighted by atomic mass is 10.1. The third-order valence-electron chi connectivity index (χ3n) is 3.84. The van der Waals surface area contributed by atoms with Gasteiger partial charge in [-0.1, -0.05) is 30.3 Å². The number of hydrogen-bond acceptors (Lipinski definition) is 2. The lowest BCUT2D eigenvalue weighted by molar-refractivity contribution is 0.302. The number of hydrogen-bond donors (Lipinski definition) is 1. The second-order valence-corrected chi connectivity index (χ2v) is 5.10. The molecular weight excluding hydrogens is 184 g/mol. The van der Waals surface area contributed by atoms with E-state index in [1.807, 2.05) is 0 Å². The zero-order valence-electron chi connectivity index (χ0n) is 9.02. The number of rotatable bonds is 3. The summed E-state index contributed by atoms with van der Waals surface area (Å²) in [5.41, 5.74) is 7.81. The third kappa shape index (κ3) is 1.80. The van der Waals surface area contributed by atoms with Crippen molar-refractivity contribution in [1.29, 1.82) is 0 Å². The summed E-state index contributed by atoms with van der Waals surface area (Å²) in [5.74, 6) is 0.799.